The minimum Gasteiger partial charge on any atom is -0.484 e. The predicted octanol–water partition coefficient (Wildman–Crippen LogP) is 3.56. The number of hydrogen-bond acceptors (Lipinski definition) is 5. The highest BCUT2D eigenvalue weighted by Crippen LogP contribution is 2.27. The molecule has 0 radical (unpaired) electrons. The molecule has 0 fully saturated rings. The number of ether oxygens (including phenoxy) is 3. The molecule has 0 N–H and O–H groups in total. The van der Waals surface area contributed by atoms with Crippen LogP contribution in [0.1, 0.15) is 32.1 Å². The van der Waals surface area contributed by atoms with Crippen molar-refractivity contribution >= 4 is 27.7 Å². The zero-order valence-electron chi connectivity index (χ0n) is 15.3. The molecular formula is C19H22BrNO5. The van der Waals surface area contributed by atoms with Crippen molar-refractivity contribution < 1.29 is 23.8 Å². The van der Waals surface area contributed by atoms with Crippen molar-refractivity contribution in [1.82, 2.24) is 4.57 Å². The van der Waals surface area contributed by atoms with Gasteiger partial charge in [0.1, 0.15) is 5.75 Å². The largest absolute Gasteiger partial charge is 0.484 e. The second-order valence-corrected chi connectivity index (χ2v) is 6.63. The summed E-state index contributed by atoms with van der Waals surface area (Å²) in [6, 6.07) is 6.69. The van der Waals surface area contributed by atoms with E-state index < -0.39 is 5.97 Å². The fraction of sp³-hybridized carbons (Fsp3) is 0.368. The highest BCUT2D eigenvalue weighted by atomic mass is 79.9. The monoisotopic (exact) mass is 423 g/mol. The zero-order chi connectivity index (χ0) is 19.3. The van der Waals surface area contributed by atoms with E-state index in [2.05, 4.69) is 25.2 Å². The normalized spacial score (nSPS) is 10.7. The van der Waals surface area contributed by atoms with Gasteiger partial charge in [-0.25, -0.2) is 4.79 Å². The lowest BCUT2D eigenvalue weighted by atomic mass is 10.1. The summed E-state index contributed by atoms with van der Waals surface area (Å²) in [6.45, 7) is 5.06. The lowest BCUT2D eigenvalue weighted by Gasteiger charge is -2.10. The fourth-order valence-corrected chi connectivity index (χ4v) is 3.19. The Kier molecular flexibility index (Phi) is 6.99. The lowest BCUT2D eigenvalue weighted by molar-refractivity contribution is 0.0600. The summed E-state index contributed by atoms with van der Waals surface area (Å²) in [5.74, 6) is -0.0540. The van der Waals surface area contributed by atoms with Gasteiger partial charge in [-0.3, -0.25) is 4.79 Å². The first-order valence-corrected chi connectivity index (χ1v) is 8.87. The number of hydrogen-bond donors (Lipinski definition) is 0. The average Bonchev–Trinajstić information content (AvgIpc) is 2.92. The molecule has 2 aromatic rings. The third-order valence-corrected chi connectivity index (χ3v) is 4.72. The standard InChI is InChI=1S/C19H22BrNO5/c1-12-9-15(13(2)21(12)7-8-24-3)17(22)11-26-18-6-5-14(10-16(18)20)19(23)25-4/h5-6,9-10H,7-8,11H2,1-4H3. The van der Waals surface area contributed by atoms with Crippen LogP contribution < -0.4 is 4.74 Å². The number of carbonyl (C=O) groups excluding carboxylic acids is 2. The molecule has 2 rings (SSSR count). The maximum absolute atomic E-state index is 12.6. The predicted molar refractivity (Wildman–Crippen MR) is 101 cm³/mol. The van der Waals surface area contributed by atoms with E-state index in [1.54, 1.807) is 25.3 Å². The molecule has 6 nitrogen and oxygen atoms in total. The van der Waals surface area contributed by atoms with Crippen molar-refractivity contribution in [3.8, 4) is 5.75 Å². The molecule has 1 heterocycles. The van der Waals surface area contributed by atoms with Gasteiger partial charge in [-0.1, -0.05) is 0 Å². The summed E-state index contributed by atoms with van der Waals surface area (Å²) < 4.78 is 18.0. The first-order chi connectivity index (χ1) is 12.4. The van der Waals surface area contributed by atoms with E-state index in [4.69, 9.17) is 9.47 Å². The van der Waals surface area contributed by atoms with Crippen LogP contribution in [0.15, 0.2) is 28.7 Å². The Labute approximate surface area is 161 Å². The molecule has 0 saturated heterocycles. The lowest BCUT2D eigenvalue weighted by Crippen LogP contribution is -2.14. The number of aromatic nitrogens is 1. The second-order valence-electron chi connectivity index (χ2n) is 5.78. The Morgan fingerprint density at radius 1 is 1.15 bits per heavy atom. The Bertz CT molecular complexity index is 813. The van der Waals surface area contributed by atoms with Crippen LogP contribution in [-0.4, -0.2) is 43.8 Å². The summed E-state index contributed by atoms with van der Waals surface area (Å²) in [4.78, 5) is 24.1. The van der Waals surface area contributed by atoms with Crippen LogP contribution in [0.5, 0.6) is 5.75 Å². The van der Waals surface area contributed by atoms with Crippen LogP contribution in [0, 0.1) is 13.8 Å². The van der Waals surface area contributed by atoms with Gasteiger partial charge < -0.3 is 18.8 Å². The van der Waals surface area contributed by atoms with Crippen molar-refractivity contribution in [3.63, 3.8) is 0 Å². The highest BCUT2D eigenvalue weighted by molar-refractivity contribution is 9.10. The topological polar surface area (TPSA) is 66.8 Å². The molecule has 0 aliphatic rings. The Hall–Kier alpha value is -2.12. The number of rotatable bonds is 8. The van der Waals surface area contributed by atoms with E-state index in [1.807, 2.05) is 19.9 Å². The molecule has 0 aliphatic heterocycles. The van der Waals surface area contributed by atoms with Crippen LogP contribution in [0.4, 0.5) is 0 Å². The van der Waals surface area contributed by atoms with Crippen molar-refractivity contribution in [3.05, 3.63) is 51.3 Å². The summed E-state index contributed by atoms with van der Waals surface area (Å²) in [6.07, 6.45) is 0. The molecule has 0 unspecified atom stereocenters. The molecule has 1 aromatic heterocycles. The zero-order valence-corrected chi connectivity index (χ0v) is 16.9. The summed E-state index contributed by atoms with van der Waals surface area (Å²) >= 11 is 3.35. The van der Waals surface area contributed by atoms with E-state index in [0.717, 1.165) is 11.4 Å². The van der Waals surface area contributed by atoms with Crippen molar-refractivity contribution in [2.75, 3.05) is 27.4 Å². The number of ketones is 1. The smallest absolute Gasteiger partial charge is 0.337 e. The van der Waals surface area contributed by atoms with Gasteiger partial charge >= 0.3 is 5.97 Å². The molecule has 0 spiro atoms. The van der Waals surface area contributed by atoms with Crippen LogP contribution in [0.2, 0.25) is 0 Å². The maximum Gasteiger partial charge on any atom is 0.337 e. The SMILES string of the molecule is COCCn1c(C)cc(C(=O)COc2ccc(C(=O)OC)cc2Br)c1C. The minimum absolute atomic E-state index is 0.0925. The Morgan fingerprint density at radius 3 is 2.50 bits per heavy atom. The number of methoxy groups -OCH3 is 2. The third kappa shape index (κ3) is 4.53. The van der Waals surface area contributed by atoms with Gasteiger partial charge in [0.15, 0.2) is 6.61 Å². The van der Waals surface area contributed by atoms with E-state index >= 15 is 0 Å². The number of Topliss-reactive ketones (excluding diaryl/α,β-unsaturated/α-hetero) is 1. The summed E-state index contributed by atoms with van der Waals surface area (Å²) in [5.41, 5.74) is 2.94. The second kappa shape index (κ2) is 9.00. The van der Waals surface area contributed by atoms with Gasteiger partial charge in [-0.15, -0.1) is 0 Å². The molecule has 7 heteroatoms. The molecule has 0 atom stereocenters. The van der Waals surface area contributed by atoms with Crippen LogP contribution >= 0.6 is 15.9 Å². The molecule has 26 heavy (non-hydrogen) atoms. The number of halogens is 1. The van der Waals surface area contributed by atoms with E-state index in [9.17, 15) is 9.59 Å². The van der Waals surface area contributed by atoms with Gasteiger partial charge in [-0.05, 0) is 54.0 Å². The first kappa shape index (κ1) is 20.2. The molecule has 0 bridgehead atoms. The van der Waals surface area contributed by atoms with E-state index in [0.29, 0.717) is 34.5 Å². The van der Waals surface area contributed by atoms with E-state index in [1.165, 1.54) is 7.11 Å². The quantitative estimate of drug-likeness (QED) is 0.479. The van der Waals surface area contributed by atoms with Crippen LogP contribution in [0.3, 0.4) is 0 Å². The molecule has 140 valence electrons. The van der Waals surface area contributed by atoms with Crippen LogP contribution in [0.25, 0.3) is 0 Å². The number of esters is 1. The molecule has 0 aliphatic carbocycles. The molecule has 0 amide bonds. The van der Waals surface area contributed by atoms with Crippen molar-refractivity contribution in [2.24, 2.45) is 0 Å². The Balaban J connectivity index is 2.08. The molecular weight excluding hydrogens is 402 g/mol. The Morgan fingerprint density at radius 2 is 1.88 bits per heavy atom. The van der Waals surface area contributed by atoms with Gasteiger partial charge in [-0.2, -0.15) is 0 Å². The first-order valence-electron chi connectivity index (χ1n) is 8.08. The minimum atomic E-state index is -0.433. The number of nitrogens with zero attached hydrogens (tertiary/aromatic N) is 1. The number of benzene rings is 1. The fourth-order valence-electron chi connectivity index (χ4n) is 2.69. The third-order valence-electron chi connectivity index (χ3n) is 4.10. The summed E-state index contributed by atoms with van der Waals surface area (Å²) in [7, 11) is 2.97. The summed E-state index contributed by atoms with van der Waals surface area (Å²) in [5, 5.41) is 0. The molecule has 1 aromatic carbocycles. The average molecular weight is 424 g/mol. The van der Waals surface area contributed by atoms with Crippen LogP contribution in [-0.2, 0) is 16.0 Å². The van der Waals surface area contributed by atoms with Crippen molar-refractivity contribution in [2.45, 2.75) is 20.4 Å². The highest BCUT2D eigenvalue weighted by Gasteiger charge is 2.17. The van der Waals surface area contributed by atoms with Gasteiger partial charge in [0.25, 0.3) is 0 Å². The van der Waals surface area contributed by atoms with Crippen molar-refractivity contribution in [1.29, 1.82) is 0 Å². The number of carbonyl (C=O) groups is 2. The van der Waals surface area contributed by atoms with Gasteiger partial charge in [0.05, 0.1) is 23.8 Å². The maximum atomic E-state index is 12.6. The number of aryl methyl sites for hydroxylation is 1. The van der Waals surface area contributed by atoms with E-state index in [-0.39, 0.29) is 12.4 Å². The molecule has 0 saturated carbocycles. The van der Waals surface area contributed by atoms with Gasteiger partial charge in [0.2, 0.25) is 5.78 Å². The van der Waals surface area contributed by atoms with Gasteiger partial charge in [0, 0.05) is 30.6 Å².